The minimum atomic E-state index is -1.03. The highest BCUT2D eigenvalue weighted by Gasteiger charge is 2.41. The molecule has 3 aromatic rings. The summed E-state index contributed by atoms with van der Waals surface area (Å²) in [6.07, 6.45) is 0. The molecular weight excluding hydrogens is 412 g/mol. The van der Waals surface area contributed by atoms with Gasteiger partial charge < -0.3 is 15.0 Å². The van der Waals surface area contributed by atoms with Crippen LogP contribution in [0.2, 0.25) is 5.02 Å². The molecule has 0 spiro atoms. The van der Waals surface area contributed by atoms with Crippen molar-refractivity contribution in [2.75, 3.05) is 10.2 Å². The fourth-order valence-corrected chi connectivity index (χ4v) is 3.70. The summed E-state index contributed by atoms with van der Waals surface area (Å²) < 4.78 is 5.94. The fourth-order valence-electron chi connectivity index (χ4n) is 3.50. The Hall–Kier alpha value is -3.31. The maximum Gasteiger partial charge on any atom is 0.271 e. The largest absolute Gasteiger partial charge is 0.476 e. The number of halogens is 1. The van der Waals surface area contributed by atoms with Crippen molar-refractivity contribution in [2.45, 2.75) is 32.9 Å². The van der Waals surface area contributed by atoms with E-state index in [1.165, 1.54) is 0 Å². The molecule has 0 aromatic heterocycles. The standard InChI is InChI=1S/C25H23ClN2O3/c1-16-8-11-19(12-9-16)27-23(29)17-10-13-22-21(14-17)28(24(30)25(2,3)31-22)15-18-6-4-5-7-20(18)26/h4-14H,15H2,1-3H3,(H,27,29). The molecule has 0 atom stereocenters. The van der Waals surface area contributed by atoms with Crippen molar-refractivity contribution in [1.29, 1.82) is 0 Å². The molecule has 0 fully saturated rings. The normalized spacial score (nSPS) is 14.6. The molecule has 4 rings (SSSR count). The second-order valence-corrected chi connectivity index (χ2v) is 8.50. The molecule has 0 unspecified atom stereocenters. The molecule has 0 aliphatic carbocycles. The molecule has 1 aliphatic heterocycles. The monoisotopic (exact) mass is 434 g/mol. The van der Waals surface area contributed by atoms with Crippen molar-refractivity contribution >= 4 is 34.8 Å². The molecule has 2 amide bonds. The van der Waals surface area contributed by atoms with Crippen LogP contribution in [-0.4, -0.2) is 17.4 Å². The van der Waals surface area contributed by atoms with E-state index in [2.05, 4.69) is 5.32 Å². The average molecular weight is 435 g/mol. The number of anilines is 2. The van der Waals surface area contributed by atoms with E-state index in [0.717, 1.165) is 11.1 Å². The second-order valence-electron chi connectivity index (χ2n) is 8.10. The van der Waals surface area contributed by atoms with Gasteiger partial charge in [0.05, 0.1) is 12.2 Å². The van der Waals surface area contributed by atoms with Crippen molar-refractivity contribution in [2.24, 2.45) is 0 Å². The molecule has 158 valence electrons. The molecule has 5 nitrogen and oxygen atoms in total. The van der Waals surface area contributed by atoms with Gasteiger partial charge in [0.25, 0.3) is 11.8 Å². The number of amides is 2. The molecule has 31 heavy (non-hydrogen) atoms. The predicted octanol–water partition coefficient (Wildman–Crippen LogP) is 5.60. The van der Waals surface area contributed by atoms with Crippen LogP contribution in [-0.2, 0) is 11.3 Å². The summed E-state index contributed by atoms with van der Waals surface area (Å²) in [7, 11) is 0. The van der Waals surface area contributed by atoms with Gasteiger partial charge in [0, 0.05) is 16.3 Å². The van der Waals surface area contributed by atoms with Gasteiger partial charge in [-0.3, -0.25) is 9.59 Å². The molecule has 0 radical (unpaired) electrons. The zero-order valence-electron chi connectivity index (χ0n) is 17.6. The summed E-state index contributed by atoms with van der Waals surface area (Å²) in [5, 5.41) is 3.47. The highest BCUT2D eigenvalue weighted by molar-refractivity contribution is 6.31. The highest BCUT2D eigenvalue weighted by atomic mass is 35.5. The van der Waals surface area contributed by atoms with E-state index in [1.807, 2.05) is 49.4 Å². The van der Waals surface area contributed by atoms with Gasteiger partial charge in [-0.25, -0.2) is 0 Å². The number of carbonyl (C=O) groups is 2. The van der Waals surface area contributed by atoms with Crippen LogP contribution >= 0.6 is 11.6 Å². The van der Waals surface area contributed by atoms with E-state index in [9.17, 15) is 9.59 Å². The van der Waals surface area contributed by atoms with Crippen LogP contribution in [0.1, 0.15) is 35.3 Å². The van der Waals surface area contributed by atoms with E-state index >= 15 is 0 Å². The third-order valence-electron chi connectivity index (χ3n) is 5.23. The summed E-state index contributed by atoms with van der Waals surface area (Å²) >= 11 is 6.34. The number of nitrogens with zero attached hydrogens (tertiary/aromatic N) is 1. The van der Waals surface area contributed by atoms with Crippen LogP contribution in [0.5, 0.6) is 5.75 Å². The van der Waals surface area contributed by atoms with Crippen LogP contribution < -0.4 is 15.0 Å². The Bertz CT molecular complexity index is 1160. The van der Waals surface area contributed by atoms with Gasteiger partial charge in [-0.15, -0.1) is 0 Å². The Kier molecular flexibility index (Phi) is 5.46. The van der Waals surface area contributed by atoms with Crippen molar-refractivity contribution in [1.82, 2.24) is 0 Å². The first-order valence-electron chi connectivity index (χ1n) is 10.0. The van der Waals surface area contributed by atoms with E-state index in [4.69, 9.17) is 16.3 Å². The number of rotatable bonds is 4. The zero-order chi connectivity index (χ0) is 22.2. The smallest absolute Gasteiger partial charge is 0.271 e. The molecule has 1 heterocycles. The number of nitrogens with one attached hydrogen (secondary N) is 1. The Morgan fingerprint density at radius 2 is 1.77 bits per heavy atom. The van der Waals surface area contributed by atoms with Crippen molar-refractivity contribution in [3.8, 4) is 5.75 Å². The maximum atomic E-state index is 13.2. The number of benzene rings is 3. The summed E-state index contributed by atoms with van der Waals surface area (Å²) in [4.78, 5) is 27.7. The first-order chi connectivity index (χ1) is 14.7. The molecule has 6 heteroatoms. The van der Waals surface area contributed by atoms with E-state index in [0.29, 0.717) is 27.7 Å². The van der Waals surface area contributed by atoms with Gasteiger partial charge in [0.15, 0.2) is 5.60 Å². The SMILES string of the molecule is Cc1ccc(NC(=O)c2ccc3c(c2)N(Cc2ccccc2Cl)C(=O)C(C)(C)O3)cc1. The van der Waals surface area contributed by atoms with E-state index in [-0.39, 0.29) is 18.4 Å². The molecule has 1 N–H and O–H groups in total. The first-order valence-corrected chi connectivity index (χ1v) is 10.4. The Balaban J connectivity index is 1.68. The van der Waals surface area contributed by atoms with Crippen LogP contribution in [0, 0.1) is 6.92 Å². The van der Waals surface area contributed by atoms with Gasteiger partial charge in [-0.2, -0.15) is 0 Å². The molecule has 0 saturated carbocycles. The molecule has 0 bridgehead atoms. The minimum Gasteiger partial charge on any atom is -0.476 e. The highest BCUT2D eigenvalue weighted by Crippen LogP contribution is 2.39. The van der Waals surface area contributed by atoms with E-state index in [1.54, 1.807) is 43.0 Å². The summed E-state index contributed by atoms with van der Waals surface area (Å²) in [5.41, 5.74) is 2.57. The van der Waals surface area contributed by atoms with Crippen molar-refractivity contribution in [3.63, 3.8) is 0 Å². The lowest BCUT2D eigenvalue weighted by molar-refractivity contribution is -0.132. The Labute approximate surface area is 186 Å². The third-order valence-corrected chi connectivity index (χ3v) is 5.60. The lowest BCUT2D eigenvalue weighted by Gasteiger charge is -2.39. The quantitative estimate of drug-likeness (QED) is 0.581. The van der Waals surface area contributed by atoms with E-state index < -0.39 is 5.60 Å². The van der Waals surface area contributed by atoms with Gasteiger partial charge in [0.2, 0.25) is 0 Å². The summed E-state index contributed by atoms with van der Waals surface area (Å²) in [6, 6.07) is 20.1. The summed E-state index contributed by atoms with van der Waals surface area (Å²) in [6.45, 7) is 5.73. The van der Waals surface area contributed by atoms with Crippen LogP contribution in [0.3, 0.4) is 0 Å². The first kappa shape index (κ1) is 20.9. The maximum absolute atomic E-state index is 13.2. The minimum absolute atomic E-state index is 0.198. The second kappa shape index (κ2) is 8.08. The topological polar surface area (TPSA) is 58.6 Å². The number of hydrogen-bond acceptors (Lipinski definition) is 3. The number of aryl methyl sites for hydroxylation is 1. The third kappa shape index (κ3) is 4.28. The van der Waals surface area contributed by atoms with Gasteiger partial charge in [-0.05, 0) is 62.7 Å². The predicted molar refractivity (Wildman–Crippen MR) is 123 cm³/mol. The summed E-state index contributed by atoms with van der Waals surface area (Å²) in [5.74, 6) is 0.0844. The lowest BCUT2D eigenvalue weighted by atomic mass is 10.0. The van der Waals surface area contributed by atoms with Crippen LogP contribution in [0.15, 0.2) is 66.7 Å². The molecule has 1 aliphatic rings. The number of ether oxygens (including phenoxy) is 1. The fraction of sp³-hybridized carbons (Fsp3) is 0.200. The van der Waals surface area contributed by atoms with Gasteiger partial charge >= 0.3 is 0 Å². The van der Waals surface area contributed by atoms with Crippen molar-refractivity contribution < 1.29 is 14.3 Å². The number of hydrogen-bond donors (Lipinski definition) is 1. The van der Waals surface area contributed by atoms with Crippen LogP contribution in [0.4, 0.5) is 11.4 Å². The number of fused-ring (bicyclic) bond motifs is 1. The Morgan fingerprint density at radius 1 is 1.06 bits per heavy atom. The molecule has 3 aromatic carbocycles. The van der Waals surface area contributed by atoms with Crippen LogP contribution in [0.25, 0.3) is 0 Å². The Morgan fingerprint density at radius 3 is 2.48 bits per heavy atom. The zero-order valence-corrected chi connectivity index (χ0v) is 18.4. The van der Waals surface area contributed by atoms with Crippen molar-refractivity contribution in [3.05, 3.63) is 88.4 Å². The average Bonchev–Trinajstić information content (AvgIpc) is 2.74. The lowest BCUT2D eigenvalue weighted by Crippen LogP contribution is -2.52. The molecular formula is C25H23ClN2O3. The molecule has 0 saturated heterocycles. The van der Waals surface area contributed by atoms with Gasteiger partial charge in [0.1, 0.15) is 5.75 Å². The number of carbonyl (C=O) groups excluding carboxylic acids is 2. The van der Waals surface area contributed by atoms with Gasteiger partial charge in [-0.1, -0.05) is 47.5 Å².